The maximum Gasteiger partial charge on any atom is 0.116 e. The van der Waals surface area contributed by atoms with Crippen molar-refractivity contribution in [2.24, 2.45) is 0 Å². The smallest absolute Gasteiger partial charge is 0.116 e. The molecule has 0 saturated heterocycles. The van der Waals surface area contributed by atoms with Crippen LogP contribution in [0.3, 0.4) is 0 Å². The molecule has 0 saturated carbocycles. The molecule has 0 amide bonds. The van der Waals surface area contributed by atoms with Crippen molar-refractivity contribution in [1.29, 1.82) is 5.26 Å². The summed E-state index contributed by atoms with van der Waals surface area (Å²) in [7, 11) is 0. The van der Waals surface area contributed by atoms with Crippen LogP contribution in [0.25, 0.3) is 22.0 Å². The number of aryl methyl sites for hydroxylation is 1. The van der Waals surface area contributed by atoms with Crippen molar-refractivity contribution < 1.29 is 0 Å². The van der Waals surface area contributed by atoms with E-state index in [-0.39, 0.29) is 0 Å². The van der Waals surface area contributed by atoms with Crippen LogP contribution in [0.4, 0.5) is 0 Å². The molecule has 0 aliphatic rings. The van der Waals surface area contributed by atoms with E-state index in [9.17, 15) is 5.26 Å². The predicted molar refractivity (Wildman–Crippen MR) is 74.4 cm³/mol. The molecule has 0 atom stereocenters. The molecule has 3 rings (SSSR count). The highest BCUT2D eigenvalue weighted by atomic mass is 14.8. The Kier molecular flexibility index (Phi) is 2.70. The SMILES string of the molecule is Cc1ncnc2ccc(-c3ccccc3C#N)cc12. The number of hydrogen-bond donors (Lipinski definition) is 0. The standard InChI is InChI=1S/C16H11N3/c1-11-15-8-12(6-7-16(15)19-10-18-11)14-5-3-2-4-13(14)9-17/h2-8,10H,1H3. The molecule has 1 aromatic heterocycles. The Balaban J connectivity index is 2.27. The van der Waals surface area contributed by atoms with Crippen molar-refractivity contribution in [3.8, 4) is 17.2 Å². The third-order valence-corrected chi connectivity index (χ3v) is 3.19. The number of benzene rings is 2. The number of nitriles is 1. The Bertz CT molecular complexity index is 800. The summed E-state index contributed by atoms with van der Waals surface area (Å²) in [5, 5.41) is 10.2. The van der Waals surface area contributed by atoms with Gasteiger partial charge < -0.3 is 0 Å². The molecule has 0 unspecified atom stereocenters. The molecule has 0 spiro atoms. The number of rotatable bonds is 1. The van der Waals surface area contributed by atoms with Gasteiger partial charge in [-0.25, -0.2) is 9.97 Å². The molecule has 0 aliphatic heterocycles. The summed E-state index contributed by atoms with van der Waals surface area (Å²) in [6.07, 6.45) is 1.57. The molecule has 1 heterocycles. The maximum atomic E-state index is 9.17. The molecule has 90 valence electrons. The van der Waals surface area contributed by atoms with E-state index in [1.54, 1.807) is 6.33 Å². The zero-order valence-corrected chi connectivity index (χ0v) is 10.5. The molecule has 0 radical (unpaired) electrons. The van der Waals surface area contributed by atoms with E-state index in [2.05, 4.69) is 16.0 Å². The Morgan fingerprint density at radius 1 is 1.05 bits per heavy atom. The fourth-order valence-corrected chi connectivity index (χ4v) is 2.19. The van der Waals surface area contributed by atoms with Crippen molar-refractivity contribution in [2.45, 2.75) is 6.92 Å². The van der Waals surface area contributed by atoms with Crippen LogP contribution >= 0.6 is 0 Å². The first-order chi connectivity index (χ1) is 9.29. The molecule has 3 heteroatoms. The number of aromatic nitrogens is 2. The van der Waals surface area contributed by atoms with Crippen LogP contribution in [-0.2, 0) is 0 Å². The van der Waals surface area contributed by atoms with Gasteiger partial charge in [-0.15, -0.1) is 0 Å². The molecule has 3 aromatic rings. The minimum absolute atomic E-state index is 0.677. The lowest BCUT2D eigenvalue weighted by Gasteiger charge is -2.06. The zero-order valence-electron chi connectivity index (χ0n) is 10.5. The largest absolute Gasteiger partial charge is 0.241 e. The summed E-state index contributed by atoms with van der Waals surface area (Å²) in [5.41, 5.74) is 4.50. The van der Waals surface area contributed by atoms with Gasteiger partial charge in [-0.3, -0.25) is 0 Å². The van der Waals surface area contributed by atoms with Crippen LogP contribution in [0.5, 0.6) is 0 Å². The van der Waals surface area contributed by atoms with E-state index in [0.717, 1.165) is 27.7 Å². The van der Waals surface area contributed by atoms with Gasteiger partial charge in [0.05, 0.1) is 17.1 Å². The third-order valence-electron chi connectivity index (χ3n) is 3.19. The predicted octanol–water partition coefficient (Wildman–Crippen LogP) is 3.48. The molecule has 0 fully saturated rings. The van der Waals surface area contributed by atoms with E-state index in [1.807, 2.05) is 49.4 Å². The highest BCUT2D eigenvalue weighted by molar-refractivity contribution is 5.87. The maximum absolute atomic E-state index is 9.17. The van der Waals surface area contributed by atoms with Crippen molar-refractivity contribution in [1.82, 2.24) is 9.97 Å². The second-order valence-corrected chi connectivity index (χ2v) is 4.35. The average molecular weight is 245 g/mol. The summed E-state index contributed by atoms with van der Waals surface area (Å²) < 4.78 is 0. The second kappa shape index (κ2) is 4.51. The van der Waals surface area contributed by atoms with Gasteiger partial charge in [0.25, 0.3) is 0 Å². The summed E-state index contributed by atoms with van der Waals surface area (Å²) in [6.45, 7) is 1.96. The number of nitrogens with zero attached hydrogens (tertiary/aromatic N) is 3. The highest BCUT2D eigenvalue weighted by Gasteiger charge is 2.06. The molecule has 19 heavy (non-hydrogen) atoms. The minimum Gasteiger partial charge on any atom is -0.241 e. The van der Waals surface area contributed by atoms with E-state index in [4.69, 9.17) is 0 Å². The quantitative estimate of drug-likeness (QED) is 0.659. The van der Waals surface area contributed by atoms with Gasteiger partial charge in [-0.05, 0) is 36.2 Å². The van der Waals surface area contributed by atoms with Crippen molar-refractivity contribution in [2.75, 3.05) is 0 Å². The summed E-state index contributed by atoms with van der Waals surface area (Å²) in [6, 6.07) is 15.8. The molecule has 0 bridgehead atoms. The van der Waals surface area contributed by atoms with Crippen molar-refractivity contribution >= 4 is 10.9 Å². The molecule has 3 nitrogen and oxygen atoms in total. The van der Waals surface area contributed by atoms with Crippen LogP contribution in [-0.4, -0.2) is 9.97 Å². The van der Waals surface area contributed by atoms with Crippen LogP contribution in [0, 0.1) is 18.3 Å². The monoisotopic (exact) mass is 245 g/mol. The Labute approximate surface area is 111 Å². The van der Waals surface area contributed by atoms with Crippen molar-refractivity contribution in [3.05, 3.63) is 60.0 Å². The van der Waals surface area contributed by atoms with Gasteiger partial charge >= 0.3 is 0 Å². The lowest BCUT2D eigenvalue weighted by Crippen LogP contribution is -1.89. The van der Waals surface area contributed by atoms with Gasteiger partial charge in [-0.1, -0.05) is 24.3 Å². The van der Waals surface area contributed by atoms with Gasteiger partial charge in [0.15, 0.2) is 0 Å². The fraction of sp³-hybridized carbons (Fsp3) is 0.0625. The van der Waals surface area contributed by atoms with Crippen LogP contribution in [0.2, 0.25) is 0 Å². The molecular formula is C16H11N3. The molecular weight excluding hydrogens is 234 g/mol. The van der Waals surface area contributed by atoms with Crippen LogP contribution < -0.4 is 0 Å². The summed E-state index contributed by atoms with van der Waals surface area (Å²) >= 11 is 0. The Morgan fingerprint density at radius 3 is 2.74 bits per heavy atom. The summed E-state index contributed by atoms with van der Waals surface area (Å²) in [4.78, 5) is 8.45. The fourth-order valence-electron chi connectivity index (χ4n) is 2.19. The topological polar surface area (TPSA) is 49.6 Å². The summed E-state index contributed by atoms with van der Waals surface area (Å²) in [5.74, 6) is 0. The third kappa shape index (κ3) is 1.94. The van der Waals surface area contributed by atoms with E-state index >= 15 is 0 Å². The van der Waals surface area contributed by atoms with Gasteiger partial charge in [0, 0.05) is 11.1 Å². The van der Waals surface area contributed by atoms with E-state index in [1.165, 1.54) is 0 Å². The van der Waals surface area contributed by atoms with Crippen molar-refractivity contribution in [3.63, 3.8) is 0 Å². The number of fused-ring (bicyclic) bond motifs is 1. The minimum atomic E-state index is 0.677. The van der Waals surface area contributed by atoms with Gasteiger partial charge in [-0.2, -0.15) is 5.26 Å². The lowest BCUT2D eigenvalue weighted by atomic mass is 9.98. The van der Waals surface area contributed by atoms with E-state index < -0.39 is 0 Å². The molecule has 0 aliphatic carbocycles. The van der Waals surface area contributed by atoms with Crippen LogP contribution in [0.15, 0.2) is 48.8 Å². The first-order valence-electron chi connectivity index (χ1n) is 6.00. The van der Waals surface area contributed by atoms with E-state index in [0.29, 0.717) is 5.56 Å². The number of hydrogen-bond acceptors (Lipinski definition) is 3. The average Bonchev–Trinajstić information content (AvgIpc) is 2.47. The zero-order chi connectivity index (χ0) is 13.2. The van der Waals surface area contributed by atoms with Gasteiger partial charge in [0.1, 0.15) is 6.33 Å². The normalized spacial score (nSPS) is 10.3. The Morgan fingerprint density at radius 2 is 1.89 bits per heavy atom. The first kappa shape index (κ1) is 11.4. The molecule has 2 aromatic carbocycles. The second-order valence-electron chi connectivity index (χ2n) is 4.35. The Hall–Kier alpha value is -2.73. The molecule has 0 N–H and O–H groups in total. The first-order valence-corrected chi connectivity index (χ1v) is 6.00. The highest BCUT2D eigenvalue weighted by Crippen LogP contribution is 2.26. The van der Waals surface area contributed by atoms with Crippen LogP contribution in [0.1, 0.15) is 11.3 Å². The van der Waals surface area contributed by atoms with Gasteiger partial charge in [0.2, 0.25) is 0 Å². The lowest BCUT2D eigenvalue weighted by molar-refractivity contribution is 1.15.